The summed E-state index contributed by atoms with van der Waals surface area (Å²) in [5.41, 5.74) is 2.77. The molecular weight excluding hydrogens is 358 g/mol. The van der Waals surface area contributed by atoms with Gasteiger partial charge in [-0.3, -0.25) is 14.3 Å². The zero-order valence-corrected chi connectivity index (χ0v) is 16.5. The summed E-state index contributed by atoms with van der Waals surface area (Å²) in [4.78, 5) is 25.2. The van der Waals surface area contributed by atoms with Crippen molar-refractivity contribution in [1.29, 1.82) is 0 Å². The minimum Gasteiger partial charge on any atom is -0.319 e. The summed E-state index contributed by atoms with van der Waals surface area (Å²) in [5, 5.41) is 3.01. The lowest BCUT2D eigenvalue weighted by molar-refractivity contribution is -0.113. The molecule has 0 radical (unpaired) electrons. The molecule has 0 fully saturated rings. The fourth-order valence-corrected chi connectivity index (χ4v) is 3.73. The largest absolute Gasteiger partial charge is 0.319 e. The highest BCUT2D eigenvalue weighted by Crippen LogP contribution is 2.27. The number of amides is 1. The molecule has 1 aromatic heterocycles. The van der Waals surface area contributed by atoms with E-state index < -0.39 is 0 Å². The molecule has 3 rings (SSSR count). The molecule has 1 amide bonds. The van der Waals surface area contributed by atoms with E-state index in [0.29, 0.717) is 5.69 Å². The van der Waals surface area contributed by atoms with Gasteiger partial charge in [0.05, 0.1) is 17.1 Å². The third-order valence-electron chi connectivity index (χ3n) is 4.55. The molecule has 1 N–H and O–H groups in total. The van der Waals surface area contributed by atoms with Crippen LogP contribution in [0.15, 0.2) is 65.5 Å². The van der Waals surface area contributed by atoms with Crippen molar-refractivity contribution in [3.63, 3.8) is 0 Å². The smallest absolute Gasteiger partial charge is 0.295 e. The number of hydrogen-bond donors (Lipinski definition) is 1. The molecule has 140 valence electrons. The molecule has 2 aromatic carbocycles. The number of rotatable bonds is 6. The molecule has 0 aliphatic heterocycles. The number of carbonyl (C=O) groups is 1. The first-order chi connectivity index (χ1) is 13.0. The Labute approximate surface area is 163 Å². The lowest BCUT2D eigenvalue weighted by Gasteiger charge is -2.11. The number of aromatic nitrogens is 2. The van der Waals surface area contributed by atoms with Gasteiger partial charge in [-0.25, -0.2) is 4.68 Å². The van der Waals surface area contributed by atoms with Crippen LogP contribution in [0.2, 0.25) is 0 Å². The summed E-state index contributed by atoms with van der Waals surface area (Å²) in [6.45, 7) is 3.90. The summed E-state index contributed by atoms with van der Waals surface area (Å²) in [7, 11) is 1.81. The Balaban J connectivity index is 1.72. The van der Waals surface area contributed by atoms with Crippen molar-refractivity contribution in [3.8, 4) is 5.69 Å². The standard InChI is InChI=1S/C21H23N3O2S/c1-15-20(21(26)24(23(15)3)18-12-8-5-9-13-18)22-19(25)14-27-16(2)17-10-6-4-7-11-17/h4-13,16H,14H2,1-3H3,(H,22,25). The van der Waals surface area contributed by atoms with Crippen LogP contribution in [-0.2, 0) is 11.8 Å². The first kappa shape index (κ1) is 19.0. The van der Waals surface area contributed by atoms with Gasteiger partial charge in [0.2, 0.25) is 5.91 Å². The maximum atomic E-state index is 12.8. The number of nitrogens with one attached hydrogen (secondary N) is 1. The van der Waals surface area contributed by atoms with Gasteiger partial charge >= 0.3 is 0 Å². The van der Waals surface area contributed by atoms with Gasteiger partial charge in [0, 0.05) is 12.3 Å². The van der Waals surface area contributed by atoms with Crippen molar-refractivity contribution >= 4 is 23.4 Å². The number of hydrogen-bond acceptors (Lipinski definition) is 3. The van der Waals surface area contributed by atoms with Gasteiger partial charge in [0.15, 0.2) is 0 Å². The lowest BCUT2D eigenvalue weighted by atomic mass is 10.2. The predicted octanol–water partition coefficient (Wildman–Crippen LogP) is 3.92. The van der Waals surface area contributed by atoms with Gasteiger partial charge in [-0.1, -0.05) is 48.5 Å². The lowest BCUT2D eigenvalue weighted by Crippen LogP contribution is -2.23. The van der Waals surface area contributed by atoms with Crippen molar-refractivity contribution in [3.05, 3.63) is 82.3 Å². The van der Waals surface area contributed by atoms with E-state index in [-0.39, 0.29) is 22.5 Å². The number of para-hydroxylation sites is 1. The highest BCUT2D eigenvalue weighted by Gasteiger charge is 2.18. The van der Waals surface area contributed by atoms with Gasteiger partial charge in [0.25, 0.3) is 5.56 Å². The van der Waals surface area contributed by atoms with Gasteiger partial charge in [0.1, 0.15) is 5.69 Å². The van der Waals surface area contributed by atoms with E-state index in [9.17, 15) is 9.59 Å². The normalized spacial score (nSPS) is 12.0. The van der Waals surface area contributed by atoms with Crippen LogP contribution in [0, 0.1) is 6.92 Å². The zero-order valence-electron chi connectivity index (χ0n) is 15.7. The van der Waals surface area contributed by atoms with E-state index >= 15 is 0 Å². The quantitative estimate of drug-likeness (QED) is 0.704. The fraction of sp³-hybridized carbons (Fsp3) is 0.238. The topological polar surface area (TPSA) is 56.0 Å². The number of nitrogens with zero attached hydrogens (tertiary/aromatic N) is 2. The van der Waals surface area contributed by atoms with Gasteiger partial charge in [-0.15, -0.1) is 11.8 Å². The minimum atomic E-state index is -0.226. The second-order valence-corrected chi connectivity index (χ2v) is 7.68. The van der Waals surface area contributed by atoms with Crippen molar-refractivity contribution in [1.82, 2.24) is 9.36 Å². The average Bonchev–Trinajstić information content (AvgIpc) is 2.90. The minimum absolute atomic E-state index is 0.172. The van der Waals surface area contributed by atoms with E-state index in [0.717, 1.165) is 11.4 Å². The second-order valence-electron chi connectivity index (χ2n) is 6.35. The van der Waals surface area contributed by atoms with Crippen LogP contribution < -0.4 is 10.9 Å². The SMILES string of the molecule is Cc1c(NC(=O)CSC(C)c2ccccc2)c(=O)n(-c2ccccc2)n1C. The molecule has 1 atom stereocenters. The molecule has 1 heterocycles. The third-order valence-corrected chi connectivity index (χ3v) is 5.75. The van der Waals surface area contributed by atoms with E-state index in [1.54, 1.807) is 21.1 Å². The van der Waals surface area contributed by atoms with Gasteiger partial charge in [-0.05, 0) is 31.5 Å². The van der Waals surface area contributed by atoms with Crippen LogP contribution in [0.5, 0.6) is 0 Å². The Morgan fingerprint density at radius 1 is 1.07 bits per heavy atom. The second kappa shape index (κ2) is 8.31. The molecule has 0 aliphatic carbocycles. The Bertz CT molecular complexity index is 978. The molecule has 3 aromatic rings. The Hall–Kier alpha value is -2.73. The molecule has 0 saturated carbocycles. The highest BCUT2D eigenvalue weighted by molar-refractivity contribution is 8.00. The van der Waals surface area contributed by atoms with Crippen LogP contribution in [0.1, 0.15) is 23.4 Å². The Kier molecular flexibility index (Phi) is 5.86. The molecule has 6 heteroatoms. The van der Waals surface area contributed by atoms with Crippen LogP contribution in [0.25, 0.3) is 5.69 Å². The number of benzene rings is 2. The molecule has 0 bridgehead atoms. The molecule has 0 aliphatic rings. The van der Waals surface area contributed by atoms with E-state index in [2.05, 4.69) is 24.4 Å². The van der Waals surface area contributed by atoms with Crippen molar-refractivity contribution in [2.24, 2.45) is 7.05 Å². The fourth-order valence-electron chi connectivity index (χ4n) is 2.91. The molecular formula is C21H23N3O2S. The molecule has 0 spiro atoms. The van der Waals surface area contributed by atoms with E-state index in [4.69, 9.17) is 0 Å². The highest BCUT2D eigenvalue weighted by atomic mass is 32.2. The monoisotopic (exact) mass is 381 g/mol. The zero-order chi connectivity index (χ0) is 19.4. The van der Waals surface area contributed by atoms with Crippen LogP contribution >= 0.6 is 11.8 Å². The van der Waals surface area contributed by atoms with Gasteiger partial charge < -0.3 is 5.32 Å². The Morgan fingerprint density at radius 3 is 2.30 bits per heavy atom. The summed E-state index contributed by atoms with van der Waals surface area (Å²) >= 11 is 1.55. The number of anilines is 1. The molecule has 0 saturated heterocycles. The number of carbonyl (C=O) groups excluding carboxylic acids is 1. The van der Waals surface area contributed by atoms with Crippen molar-refractivity contribution in [2.45, 2.75) is 19.1 Å². The predicted molar refractivity (Wildman–Crippen MR) is 112 cm³/mol. The van der Waals surface area contributed by atoms with Crippen LogP contribution in [-0.4, -0.2) is 21.0 Å². The summed E-state index contributed by atoms with van der Waals surface area (Å²) < 4.78 is 3.32. The van der Waals surface area contributed by atoms with E-state index in [1.807, 2.05) is 62.5 Å². The van der Waals surface area contributed by atoms with Crippen LogP contribution in [0.3, 0.4) is 0 Å². The molecule has 27 heavy (non-hydrogen) atoms. The summed E-state index contributed by atoms with van der Waals surface area (Å²) in [6, 6.07) is 19.5. The van der Waals surface area contributed by atoms with Gasteiger partial charge in [-0.2, -0.15) is 0 Å². The number of thioether (sulfide) groups is 1. The summed E-state index contributed by atoms with van der Waals surface area (Å²) in [5.74, 6) is 0.114. The van der Waals surface area contributed by atoms with E-state index in [1.165, 1.54) is 5.56 Å². The summed E-state index contributed by atoms with van der Waals surface area (Å²) in [6.07, 6.45) is 0. The van der Waals surface area contributed by atoms with Crippen molar-refractivity contribution in [2.75, 3.05) is 11.1 Å². The molecule has 1 unspecified atom stereocenters. The average molecular weight is 382 g/mol. The maximum absolute atomic E-state index is 12.8. The first-order valence-corrected chi connectivity index (χ1v) is 9.84. The van der Waals surface area contributed by atoms with Crippen LogP contribution in [0.4, 0.5) is 5.69 Å². The van der Waals surface area contributed by atoms with Crippen molar-refractivity contribution < 1.29 is 4.79 Å². The third kappa shape index (κ3) is 4.17. The first-order valence-electron chi connectivity index (χ1n) is 8.79. The molecule has 5 nitrogen and oxygen atoms in total. The Morgan fingerprint density at radius 2 is 1.67 bits per heavy atom. The maximum Gasteiger partial charge on any atom is 0.295 e.